The van der Waals surface area contributed by atoms with Crippen LogP contribution < -0.4 is 9.47 Å². The van der Waals surface area contributed by atoms with E-state index in [9.17, 15) is 18.4 Å². The van der Waals surface area contributed by atoms with E-state index in [0.717, 1.165) is 22.2 Å². The molecule has 2 amide bonds. The highest BCUT2D eigenvalue weighted by atomic mass is 32.2. The van der Waals surface area contributed by atoms with E-state index in [1.807, 2.05) is 6.92 Å². The molecule has 1 aliphatic rings. The Morgan fingerprint density at radius 3 is 2.15 bits per heavy atom. The number of imide groups is 1. The van der Waals surface area contributed by atoms with Crippen molar-refractivity contribution in [3.05, 3.63) is 100.0 Å². The molecule has 1 fully saturated rings. The summed E-state index contributed by atoms with van der Waals surface area (Å²) in [6, 6.07) is 16.9. The van der Waals surface area contributed by atoms with Crippen LogP contribution in [0.25, 0.3) is 6.08 Å². The molecule has 34 heavy (non-hydrogen) atoms. The zero-order valence-electron chi connectivity index (χ0n) is 18.3. The molecule has 0 atom stereocenters. The Balaban J connectivity index is 1.49. The van der Waals surface area contributed by atoms with Crippen molar-refractivity contribution in [2.24, 2.45) is 0 Å². The predicted octanol–water partition coefficient (Wildman–Crippen LogP) is 6.18. The second kappa shape index (κ2) is 10.5. The van der Waals surface area contributed by atoms with E-state index >= 15 is 0 Å². The molecule has 0 radical (unpaired) electrons. The summed E-state index contributed by atoms with van der Waals surface area (Å²) >= 11 is 0.853. The van der Waals surface area contributed by atoms with Gasteiger partial charge in [0.25, 0.3) is 11.1 Å². The number of ether oxygens (including phenoxy) is 2. The highest BCUT2D eigenvalue weighted by Gasteiger charge is 2.35. The van der Waals surface area contributed by atoms with Gasteiger partial charge in [0.15, 0.2) is 11.5 Å². The van der Waals surface area contributed by atoms with Crippen LogP contribution in [0.15, 0.2) is 71.6 Å². The monoisotopic (exact) mass is 481 g/mol. The molecule has 0 bridgehead atoms. The molecule has 8 heteroatoms. The van der Waals surface area contributed by atoms with Gasteiger partial charge in [-0.2, -0.15) is 0 Å². The first-order valence-corrected chi connectivity index (χ1v) is 11.4. The summed E-state index contributed by atoms with van der Waals surface area (Å²) in [5.74, 6) is -0.108. The number of hydrogen-bond donors (Lipinski definition) is 0. The molecule has 4 rings (SSSR count). The normalized spacial score (nSPS) is 14.7. The third kappa shape index (κ3) is 5.63. The van der Waals surface area contributed by atoms with Crippen LogP contribution in [0, 0.1) is 11.6 Å². The average molecular weight is 482 g/mol. The predicted molar refractivity (Wildman–Crippen MR) is 126 cm³/mol. The van der Waals surface area contributed by atoms with Crippen LogP contribution >= 0.6 is 11.8 Å². The van der Waals surface area contributed by atoms with Gasteiger partial charge < -0.3 is 9.47 Å². The molecule has 0 N–H and O–H groups in total. The molecule has 1 aliphatic heterocycles. The van der Waals surface area contributed by atoms with Crippen molar-refractivity contribution in [1.82, 2.24) is 4.90 Å². The summed E-state index contributed by atoms with van der Waals surface area (Å²) in [4.78, 5) is 26.6. The molecular weight excluding hydrogens is 460 g/mol. The quantitative estimate of drug-likeness (QED) is 0.360. The third-order valence-corrected chi connectivity index (χ3v) is 5.91. The minimum atomic E-state index is -0.408. The first-order valence-electron chi connectivity index (χ1n) is 10.6. The van der Waals surface area contributed by atoms with Gasteiger partial charge in [-0.25, -0.2) is 8.78 Å². The van der Waals surface area contributed by atoms with Gasteiger partial charge in [0.05, 0.1) is 18.1 Å². The lowest BCUT2D eigenvalue weighted by Gasteiger charge is -2.13. The van der Waals surface area contributed by atoms with Gasteiger partial charge >= 0.3 is 0 Å². The van der Waals surface area contributed by atoms with Gasteiger partial charge in [0.1, 0.15) is 18.2 Å². The number of hydrogen-bond acceptors (Lipinski definition) is 5. The van der Waals surface area contributed by atoms with E-state index in [1.165, 1.54) is 24.3 Å². The van der Waals surface area contributed by atoms with Gasteiger partial charge in [-0.3, -0.25) is 14.5 Å². The second-order valence-electron chi connectivity index (χ2n) is 7.45. The molecule has 0 aliphatic carbocycles. The maximum absolute atomic E-state index is 13.1. The lowest BCUT2D eigenvalue weighted by molar-refractivity contribution is -0.123. The molecule has 174 valence electrons. The van der Waals surface area contributed by atoms with E-state index in [4.69, 9.17) is 9.47 Å². The van der Waals surface area contributed by atoms with Gasteiger partial charge in [0.2, 0.25) is 0 Å². The highest BCUT2D eigenvalue weighted by Crippen LogP contribution is 2.35. The molecule has 0 saturated carbocycles. The minimum absolute atomic E-state index is 0.0721. The number of carbonyl (C=O) groups excluding carboxylic acids is 2. The number of rotatable bonds is 8. The van der Waals surface area contributed by atoms with E-state index in [0.29, 0.717) is 29.2 Å². The Hall–Kier alpha value is -3.65. The number of amides is 2. The largest absolute Gasteiger partial charge is 0.490 e. The van der Waals surface area contributed by atoms with Crippen molar-refractivity contribution in [2.75, 3.05) is 6.61 Å². The van der Waals surface area contributed by atoms with Crippen molar-refractivity contribution in [2.45, 2.75) is 20.1 Å². The van der Waals surface area contributed by atoms with E-state index < -0.39 is 5.91 Å². The fourth-order valence-electron chi connectivity index (χ4n) is 3.30. The average Bonchev–Trinajstić information content (AvgIpc) is 3.08. The summed E-state index contributed by atoms with van der Waals surface area (Å²) in [5, 5.41) is -0.384. The van der Waals surface area contributed by atoms with Crippen LogP contribution in [0.5, 0.6) is 11.5 Å². The molecule has 3 aromatic carbocycles. The third-order valence-electron chi connectivity index (χ3n) is 5.00. The fraction of sp³-hybridized carbons (Fsp3) is 0.154. The number of thioether (sulfide) groups is 1. The van der Waals surface area contributed by atoms with Gasteiger partial charge in [-0.1, -0.05) is 30.3 Å². The number of nitrogens with zero attached hydrogens (tertiary/aromatic N) is 1. The molecular formula is C26H21F2NO4S. The summed E-state index contributed by atoms with van der Waals surface area (Å²) in [6.45, 7) is 2.56. The standard InChI is InChI=1S/C26H21F2NO4S/c1-2-32-23-13-19(7-12-22(23)33-16-18-5-10-21(28)11-6-18)14-24-25(30)29(26(31)34-24)15-17-3-8-20(27)9-4-17/h3-14H,2,15-16H2,1H3/b24-14-. The van der Waals surface area contributed by atoms with Crippen molar-refractivity contribution in [3.63, 3.8) is 0 Å². The van der Waals surface area contributed by atoms with Crippen LogP contribution in [0.2, 0.25) is 0 Å². The van der Waals surface area contributed by atoms with Crippen molar-refractivity contribution < 1.29 is 27.8 Å². The maximum Gasteiger partial charge on any atom is 0.293 e. The van der Waals surface area contributed by atoms with E-state index in [-0.39, 0.29) is 34.9 Å². The minimum Gasteiger partial charge on any atom is -0.490 e. The molecule has 0 spiro atoms. The van der Waals surface area contributed by atoms with Crippen molar-refractivity contribution in [1.29, 1.82) is 0 Å². The highest BCUT2D eigenvalue weighted by molar-refractivity contribution is 8.18. The Morgan fingerprint density at radius 2 is 1.50 bits per heavy atom. The topological polar surface area (TPSA) is 55.8 Å². The van der Waals surface area contributed by atoms with Crippen LogP contribution in [-0.2, 0) is 17.9 Å². The van der Waals surface area contributed by atoms with E-state index in [1.54, 1.807) is 48.5 Å². The smallest absolute Gasteiger partial charge is 0.293 e. The van der Waals surface area contributed by atoms with E-state index in [2.05, 4.69) is 0 Å². The summed E-state index contributed by atoms with van der Waals surface area (Å²) in [7, 11) is 0. The molecule has 0 aromatic heterocycles. The van der Waals surface area contributed by atoms with Gasteiger partial charge in [-0.05, 0) is 77.9 Å². The van der Waals surface area contributed by atoms with Crippen LogP contribution in [0.1, 0.15) is 23.6 Å². The number of halogens is 2. The Morgan fingerprint density at radius 1 is 0.853 bits per heavy atom. The summed E-state index contributed by atoms with van der Waals surface area (Å²) in [6.07, 6.45) is 1.63. The van der Waals surface area contributed by atoms with Crippen LogP contribution in [0.4, 0.5) is 13.6 Å². The number of benzene rings is 3. The molecule has 1 saturated heterocycles. The molecule has 3 aromatic rings. The van der Waals surface area contributed by atoms with Gasteiger partial charge in [0, 0.05) is 0 Å². The lowest BCUT2D eigenvalue weighted by atomic mass is 10.1. The second-order valence-corrected chi connectivity index (χ2v) is 8.44. The fourth-order valence-corrected chi connectivity index (χ4v) is 4.14. The van der Waals surface area contributed by atoms with Gasteiger partial charge in [-0.15, -0.1) is 0 Å². The summed E-state index contributed by atoms with van der Waals surface area (Å²) in [5.41, 5.74) is 2.14. The SMILES string of the molecule is CCOc1cc(/C=C2\SC(=O)N(Cc3ccc(F)cc3)C2=O)ccc1OCc1ccc(F)cc1. The first kappa shape index (κ1) is 23.5. The van der Waals surface area contributed by atoms with Crippen molar-refractivity contribution in [3.8, 4) is 11.5 Å². The zero-order chi connectivity index (χ0) is 24.1. The molecule has 5 nitrogen and oxygen atoms in total. The maximum atomic E-state index is 13.1. The Labute approximate surface area is 200 Å². The molecule has 0 unspecified atom stereocenters. The Kier molecular flexibility index (Phi) is 7.27. The van der Waals surface area contributed by atoms with Crippen molar-refractivity contribution >= 4 is 29.0 Å². The molecule has 1 heterocycles. The zero-order valence-corrected chi connectivity index (χ0v) is 19.1. The Bertz CT molecular complexity index is 1230. The van der Waals surface area contributed by atoms with Crippen LogP contribution in [-0.4, -0.2) is 22.7 Å². The van der Waals surface area contributed by atoms with Crippen LogP contribution in [0.3, 0.4) is 0 Å². The lowest BCUT2D eigenvalue weighted by Crippen LogP contribution is -2.27. The first-order chi connectivity index (χ1) is 16.4. The summed E-state index contributed by atoms with van der Waals surface area (Å²) < 4.78 is 37.8. The number of carbonyl (C=O) groups is 2.